The summed E-state index contributed by atoms with van der Waals surface area (Å²) in [6.45, 7) is 0.573. The van der Waals surface area contributed by atoms with E-state index in [1.165, 1.54) is 0 Å². The number of methoxy groups -OCH3 is 1. The van der Waals surface area contributed by atoms with Crippen LogP contribution in [-0.4, -0.2) is 33.7 Å². The first-order valence-electron chi connectivity index (χ1n) is 9.29. The van der Waals surface area contributed by atoms with Gasteiger partial charge in [-0.25, -0.2) is 18.1 Å². The zero-order valence-corrected chi connectivity index (χ0v) is 17.4. The first-order valence-corrected chi connectivity index (χ1v) is 9.29. The maximum atomic E-state index is 14.1. The third-order valence-electron chi connectivity index (χ3n) is 4.29. The largest absolute Gasteiger partial charge is 0.573 e. The lowest BCUT2D eigenvalue weighted by Gasteiger charge is -2.13. The fourth-order valence-electron chi connectivity index (χ4n) is 2.89. The average molecular weight is 486 g/mol. The molecule has 0 bridgehead atoms. The number of anilines is 1. The first-order chi connectivity index (χ1) is 15.9. The van der Waals surface area contributed by atoms with Gasteiger partial charge in [-0.2, -0.15) is 4.68 Å². The molecule has 1 N–H and O–H groups in total. The normalized spacial score (nSPS) is 11.3. The molecule has 0 spiro atoms. The molecule has 1 heterocycles. The van der Waals surface area contributed by atoms with Crippen molar-refractivity contribution < 1.29 is 36.2 Å². The molecule has 0 fully saturated rings. The van der Waals surface area contributed by atoms with Gasteiger partial charge in [0.1, 0.15) is 5.82 Å². The summed E-state index contributed by atoms with van der Waals surface area (Å²) in [6.07, 6.45) is -5.11. The standard InChI is InChI=1S/C20H15F5N4O5/c1-10(30)26-15-8-12(4-5-13(15)21)29-19(32)28(18(31)17(27-29)33-2)9-11-3-6-16(14(22)7-11)34-20(23,24)25/h3-8H,9H2,1-2H3,(H,26,30). The Balaban J connectivity index is 2.08. The SMILES string of the molecule is COc1nn(-c2ccc(F)c(NC(C)=O)c2)c(=O)n(Cc2ccc(OC(F)(F)F)c(F)c2)c1=O. The second kappa shape index (κ2) is 9.33. The Bertz CT molecular complexity index is 1370. The van der Waals surface area contributed by atoms with Crippen LogP contribution in [0.4, 0.5) is 27.6 Å². The molecular formula is C20H15F5N4O5. The summed E-state index contributed by atoms with van der Waals surface area (Å²) in [5.41, 5.74) is -2.43. The van der Waals surface area contributed by atoms with Gasteiger partial charge in [0.05, 0.1) is 25.0 Å². The summed E-state index contributed by atoms with van der Waals surface area (Å²) in [7, 11) is 1.10. The van der Waals surface area contributed by atoms with Crippen molar-refractivity contribution in [3.8, 4) is 17.3 Å². The number of halogens is 5. The van der Waals surface area contributed by atoms with Crippen LogP contribution < -0.4 is 26.0 Å². The summed E-state index contributed by atoms with van der Waals surface area (Å²) in [5.74, 6) is -4.40. The van der Waals surface area contributed by atoms with E-state index < -0.39 is 53.3 Å². The van der Waals surface area contributed by atoms with E-state index in [1.54, 1.807) is 0 Å². The van der Waals surface area contributed by atoms with Crippen molar-refractivity contribution in [2.75, 3.05) is 12.4 Å². The number of carbonyl (C=O) groups excluding carboxylic acids is 1. The molecule has 0 aliphatic carbocycles. The fraction of sp³-hybridized carbons (Fsp3) is 0.200. The Morgan fingerprint density at radius 3 is 2.38 bits per heavy atom. The smallest absolute Gasteiger partial charge is 0.476 e. The first kappa shape index (κ1) is 24.4. The van der Waals surface area contributed by atoms with Gasteiger partial charge in [-0.15, -0.1) is 18.3 Å². The molecule has 14 heteroatoms. The maximum Gasteiger partial charge on any atom is 0.573 e. The summed E-state index contributed by atoms with van der Waals surface area (Å²) in [4.78, 5) is 36.9. The third-order valence-corrected chi connectivity index (χ3v) is 4.29. The van der Waals surface area contributed by atoms with E-state index in [4.69, 9.17) is 4.74 Å². The number of rotatable bonds is 6. The van der Waals surface area contributed by atoms with Crippen molar-refractivity contribution in [1.29, 1.82) is 0 Å². The van der Waals surface area contributed by atoms with Crippen LogP contribution in [0.1, 0.15) is 12.5 Å². The number of carbonyl (C=O) groups is 1. The van der Waals surface area contributed by atoms with Crippen molar-refractivity contribution in [3.63, 3.8) is 0 Å². The number of ether oxygens (including phenoxy) is 2. The van der Waals surface area contributed by atoms with Crippen molar-refractivity contribution in [1.82, 2.24) is 14.3 Å². The molecule has 0 aliphatic heterocycles. The summed E-state index contributed by atoms with van der Waals surface area (Å²) in [6, 6.07) is 5.57. The van der Waals surface area contributed by atoms with E-state index in [0.29, 0.717) is 21.4 Å². The second-order valence-electron chi connectivity index (χ2n) is 6.75. The minimum atomic E-state index is -5.11. The monoisotopic (exact) mass is 486 g/mol. The molecular weight excluding hydrogens is 471 g/mol. The van der Waals surface area contributed by atoms with Gasteiger partial charge < -0.3 is 14.8 Å². The van der Waals surface area contributed by atoms with Gasteiger partial charge >= 0.3 is 17.6 Å². The number of aromatic nitrogens is 3. The summed E-state index contributed by atoms with van der Waals surface area (Å²) < 4.78 is 74.8. The molecule has 0 saturated carbocycles. The summed E-state index contributed by atoms with van der Waals surface area (Å²) in [5, 5.41) is 6.01. The minimum absolute atomic E-state index is 0.0518. The molecule has 1 amide bonds. The van der Waals surface area contributed by atoms with Crippen LogP contribution in [0.3, 0.4) is 0 Å². The topological polar surface area (TPSA) is 104 Å². The highest BCUT2D eigenvalue weighted by atomic mass is 19.4. The van der Waals surface area contributed by atoms with Crippen LogP contribution >= 0.6 is 0 Å². The number of amides is 1. The summed E-state index contributed by atoms with van der Waals surface area (Å²) >= 11 is 0. The zero-order chi connectivity index (χ0) is 25.2. The highest BCUT2D eigenvalue weighted by molar-refractivity contribution is 5.89. The quantitative estimate of drug-likeness (QED) is 0.538. The second-order valence-corrected chi connectivity index (χ2v) is 6.75. The molecule has 34 heavy (non-hydrogen) atoms. The zero-order valence-electron chi connectivity index (χ0n) is 17.4. The number of nitrogens with one attached hydrogen (secondary N) is 1. The Kier molecular flexibility index (Phi) is 6.70. The van der Waals surface area contributed by atoms with E-state index in [1.807, 2.05) is 0 Å². The van der Waals surface area contributed by atoms with E-state index in [9.17, 15) is 36.3 Å². The third kappa shape index (κ3) is 5.39. The molecule has 2 aromatic carbocycles. The van der Waals surface area contributed by atoms with E-state index in [-0.39, 0.29) is 16.9 Å². The van der Waals surface area contributed by atoms with Crippen molar-refractivity contribution in [3.05, 3.63) is 74.4 Å². The number of nitrogens with zero attached hydrogens (tertiary/aromatic N) is 3. The van der Waals surface area contributed by atoms with Crippen LogP contribution in [0.2, 0.25) is 0 Å². The van der Waals surface area contributed by atoms with Crippen molar-refractivity contribution in [2.24, 2.45) is 0 Å². The predicted octanol–water partition coefficient (Wildman–Crippen LogP) is 2.59. The molecule has 0 aliphatic rings. The fourth-order valence-corrected chi connectivity index (χ4v) is 2.89. The molecule has 180 valence electrons. The van der Waals surface area contributed by atoms with Gasteiger partial charge in [0, 0.05) is 6.92 Å². The van der Waals surface area contributed by atoms with Gasteiger partial charge in [0.25, 0.3) is 5.88 Å². The van der Waals surface area contributed by atoms with Crippen LogP contribution in [0, 0.1) is 11.6 Å². The van der Waals surface area contributed by atoms with Crippen LogP contribution in [0.25, 0.3) is 5.69 Å². The van der Waals surface area contributed by atoms with E-state index in [2.05, 4.69) is 15.2 Å². The molecule has 3 rings (SSSR count). The number of benzene rings is 2. The lowest BCUT2D eigenvalue weighted by Crippen LogP contribution is -2.41. The lowest BCUT2D eigenvalue weighted by molar-refractivity contribution is -0.275. The number of hydrogen-bond acceptors (Lipinski definition) is 6. The molecule has 0 radical (unpaired) electrons. The van der Waals surface area contributed by atoms with E-state index in [0.717, 1.165) is 38.3 Å². The highest BCUT2D eigenvalue weighted by Gasteiger charge is 2.32. The Morgan fingerprint density at radius 1 is 1.09 bits per heavy atom. The number of hydrogen-bond donors (Lipinski definition) is 1. The molecule has 3 aromatic rings. The minimum Gasteiger partial charge on any atom is -0.476 e. The van der Waals surface area contributed by atoms with Crippen LogP contribution in [-0.2, 0) is 11.3 Å². The van der Waals surface area contributed by atoms with Crippen molar-refractivity contribution >= 4 is 11.6 Å². The van der Waals surface area contributed by atoms with Gasteiger partial charge in [-0.3, -0.25) is 9.59 Å². The molecule has 1 aromatic heterocycles. The Labute approximate surface area is 187 Å². The van der Waals surface area contributed by atoms with Gasteiger partial charge in [-0.1, -0.05) is 6.07 Å². The predicted molar refractivity (Wildman–Crippen MR) is 107 cm³/mol. The maximum absolute atomic E-state index is 14.1. The van der Waals surface area contributed by atoms with Crippen LogP contribution in [0.5, 0.6) is 11.6 Å². The molecule has 0 atom stereocenters. The van der Waals surface area contributed by atoms with Gasteiger partial charge in [0.15, 0.2) is 11.6 Å². The van der Waals surface area contributed by atoms with Gasteiger partial charge in [0.2, 0.25) is 5.91 Å². The molecule has 9 nitrogen and oxygen atoms in total. The van der Waals surface area contributed by atoms with E-state index >= 15 is 0 Å². The lowest BCUT2D eigenvalue weighted by atomic mass is 10.2. The Hall–Kier alpha value is -4.23. The molecule has 0 saturated heterocycles. The Morgan fingerprint density at radius 2 is 1.79 bits per heavy atom. The van der Waals surface area contributed by atoms with Crippen LogP contribution in [0.15, 0.2) is 46.0 Å². The number of alkyl halides is 3. The van der Waals surface area contributed by atoms with Crippen molar-refractivity contribution in [2.45, 2.75) is 19.8 Å². The van der Waals surface area contributed by atoms with Gasteiger partial charge in [-0.05, 0) is 35.9 Å². The highest BCUT2D eigenvalue weighted by Crippen LogP contribution is 2.26. The average Bonchev–Trinajstić information content (AvgIpc) is 2.74. The molecule has 0 unspecified atom stereocenters.